The summed E-state index contributed by atoms with van der Waals surface area (Å²) in [6, 6.07) is 3.73. The van der Waals surface area contributed by atoms with Crippen molar-refractivity contribution in [2.75, 3.05) is 5.32 Å². The summed E-state index contributed by atoms with van der Waals surface area (Å²) in [5, 5.41) is 7.44. The van der Waals surface area contributed by atoms with E-state index in [1.165, 1.54) is 16.9 Å². The van der Waals surface area contributed by atoms with Gasteiger partial charge in [0.25, 0.3) is 5.91 Å². The van der Waals surface area contributed by atoms with Gasteiger partial charge in [-0.25, -0.2) is 0 Å². The third kappa shape index (κ3) is 2.35. The minimum Gasteiger partial charge on any atom is -0.465 e. The van der Waals surface area contributed by atoms with E-state index in [0.29, 0.717) is 5.92 Å². The Kier molecular flexibility index (Phi) is 3.30. The van der Waals surface area contributed by atoms with Gasteiger partial charge in [0.2, 0.25) is 0 Å². The van der Waals surface area contributed by atoms with Crippen LogP contribution in [0.1, 0.15) is 39.9 Å². The molecule has 114 valence electrons. The Bertz CT molecular complexity index is 730. The van der Waals surface area contributed by atoms with Crippen molar-refractivity contribution in [2.24, 2.45) is 5.92 Å². The number of furan rings is 1. The summed E-state index contributed by atoms with van der Waals surface area (Å²) < 4.78 is 5.27. The van der Waals surface area contributed by atoms with Crippen LogP contribution in [0, 0.1) is 5.92 Å². The van der Waals surface area contributed by atoms with Crippen molar-refractivity contribution >= 4 is 28.3 Å². The van der Waals surface area contributed by atoms with E-state index >= 15 is 0 Å². The summed E-state index contributed by atoms with van der Waals surface area (Å²) >= 11 is 1.74. The number of anilines is 1. The SMILES string of the molecule is CC1CCc2c(sc3c2C(=O)NC(/C=C/c2ccco2)N3)C1. The lowest BCUT2D eigenvalue weighted by molar-refractivity contribution is 0.0942. The van der Waals surface area contributed by atoms with Crippen LogP contribution in [0.2, 0.25) is 0 Å². The molecular formula is C17H18N2O2S. The molecule has 4 nitrogen and oxygen atoms in total. The van der Waals surface area contributed by atoms with Gasteiger partial charge in [0.15, 0.2) is 0 Å². The zero-order valence-corrected chi connectivity index (χ0v) is 13.2. The first kappa shape index (κ1) is 13.6. The molecule has 0 bridgehead atoms. The van der Waals surface area contributed by atoms with Crippen molar-refractivity contribution in [3.8, 4) is 0 Å². The van der Waals surface area contributed by atoms with E-state index in [0.717, 1.165) is 29.2 Å². The first-order valence-electron chi connectivity index (χ1n) is 7.64. The lowest BCUT2D eigenvalue weighted by Crippen LogP contribution is -2.43. The molecule has 0 fully saturated rings. The molecule has 5 heteroatoms. The zero-order valence-electron chi connectivity index (χ0n) is 12.4. The quantitative estimate of drug-likeness (QED) is 0.889. The molecule has 0 saturated heterocycles. The fraction of sp³-hybridized carbons (Fsp3) is 0.353. The van der Waals surface area contributed by atoms with Crippen molar-refractivity contribution in [2.45, 2.75) is 32.4 Å². The lowest BCUT2D eigenvalue weighted by Gasteiger charge is -2.24. The maximum atomic E-state index is 12.5. The average molecular weight is 314 g/mol. The fourth-order valence-electron chi connectivity index (χ4n) is 3.16. The molecule has 4 rings (SSSR count). The zero-order chi connectivity index (χ0) is 15.1. The second-order valence-electron chi connectivity index (χ2n) is 6.03. The van der Waals surface area contributed by atoms with E-state index in [1.807, 2.05) is 24.3 Å². The van der Waals surface area contributed by atoms with Crippen LogP contribution in [-0.4, -0.2) is 12.1 Å². The van der Waals surface area contributed by atoms with Crippen molar-refractivity contribution in [3.63, 3.8) is 0 Å². The standard InChI is InChI=1S/C17H18N2O2S/c1-10-4-6-12-13(9-10)22-17-15(12)16(20)18-14(19-17)7-5-11-3-2-8-21-11/h2-3,5,7-8,10,14,19H,4,6,9H2,1H3,(H,18,20)/b7-5+. The minimum absolute atomic E-state index is 0.0369. The Morgan fingerprint density at radius 3 is 3.14 bits per heavy atom. The Balaban J connectivity index is 1.60. The Morgan fingerprint density at radius 2 is 2.32 bits per heavy atom. The average Bonchev–Trinajstić information content (AvgIpc) is 3.11. The number of rotatable bonds is 2. The van der Waals surface area contributed by atoms with Gasteiger partial charge in [-0.3, -0.25) is 4.79 Å². The molecule has 0 spiro atoms. The molecule has 0 radical (unpaired) electrons. The Morgan fingerprint density at radius 1 is 1.41 bits per heavy atom. The second kappa shape index (κ2) is 5.32. The van der Waals surface area contributed by atoms with Gasteiger partial charge in [-0.05, 0) is 55.0 Å². The molecule has 3 heterocycles. The van der Waals surface area contributed by atoms with Crippen molar-refractivity contribution in [3.05, 3.63) is 46.2 Å². The third-order valence-corrected chi connectivity index (χ3v) is 5.49. The lowest BCUT2D eigenvalue weighted by atomic mass is 9.88. The van der Waals surface area contributed by atoms with Crippen LogP contribution in [-0.2, 0) is 12.8 Å². The predicted octanol–water partition coefficient (Wildman–Crippen LogP) is 3.66. The van der Waals surface area contributed by atoms with Crippen molar-refractivity contribution < 1.29 is 9.21 Å². The van der Waals surface area contributed by atoms with E-state index in [1.54, 1.807) is 17.6 Å². The maximum Gasteiger partial charge on any atom is 0.256 e. The van der Waals surface area contributed by atoms with E-state index in [-0.39, 0.29) is 12.1 Å². The number of nitrogens with one attached hydrogen (secondary N) is 2. The van der Waals surface area contributed by atoms with Gasteiger partial charge in [-0.2, -0.15) is 0 Å². The first-order chi connectivity index (χ1) is 10.7. The van der Waals surface area contributed by atoms with Gasteiger partial charge in [0.05, 0.1) is 11.8 Å². The number of carbonyl (C=O) groups excluding carboxylic acids is 1. The molecule has 1 aliphatic heterocycles. The van der Waals surface area contributed by atoms with E-state index in [4.69, 9.17) is 4.42 Å². The van der Waals surface area contributed by atoms with Crippen LogP contribution in [0.25, 0.3) is 6.08 Å². The predicted molar refractivity (Wildman–Crippen MR) is 88.1 cm³/mol. The van der Waals surface area contributed by atoms with Crippen LogP contribution in [0.3, 0.4) is 0 Å². The topological polar surface area (TPSA) is 54.3 Å². The summed E-state index contributed by atoms with van der Waals surface area (Å²) in [6.45, 7) is 2.28. The van der Waals surface area contributed by atoms with Gasteiger partial charge in [-0.1, -0.05) is 6.92 Å². The number of thiophene rings is 1. The highest BCUT2D eigenvalue weighted by Gasteiger charge is 2.31. The third-order valence-electron chi connectivity index (χ3n) is 4.31. The molecule has 0 saturated carbocycles. The number of amides is 1. The number of carbonyl (C=O) groups is 1. The van der Waals surface area contributed by atoms with Crippen molar-refractivity contribution in [1.82, 2.24) is 5.32 Å². The van der Waals surface area contributed by atoms with Gasteiger partial charge in [0, 0.05) is 4.88 Å². The molecular weight excluding hydrogens is 296 g/mol. The molecule has 1 aliphatic carbocycles. The van der Waals surface area contributed by atoms with Gasteiger partial charge >= 0.3 is 0 Å². The maximum absolute atomic E-state index is 12.5. The number of fused-ring (bicyclic) bond motifs is 3. The highest BCUT2D eigenvalue weighted by atomic mass is 32.1. The highest BCUT2D eigenvalue weighted by Crippen LogP contribution is 2.41. The van der Waals surface area contributed by atoms with Crippen LogP contribution < -0.4 is 10.6 Å². The molecule has 2 aliphatic rings. The van der Waals surface area contributed by atoms with Crippen LogP contribution in [0.4, 0.5) is 5.00 Å². The second-order valence-corrected chi connectivity index (χ2v) is 7.13. The Hall–Kier alpha value is -2.01. The smallest absolute Gasteiger partial charge is 0.256 e. The molecule has 2 unspecified atom stereocenters. The largest absolute Gasteiger partial charge is 0.465 e. The van der Waals surface area contributed by atoms with E-state index in [2.05, 4.69) is 17.6 Å². The molecule has 2 atom stereocenters. The fourth-order valence-corrected chi connectivity index (χ4v) is 4.60. The molecule has 22 heavy (non-hydrogen) atoms. The van der Waals surface area contributed by atoms with E-state index in [9.17, 15) is 4.79 Å². The monoisotopic (exact) mass is 314 g/mol. The van der Waals surface area contributed by atoms with E-state index < -0.39 is 0 Å². The molecule has 0 aromatic carbocycles. The first-order valence-corrected chi connectivity index (χ1v) is 8.46. The van der Waals surface area contributed by atoms with Crippen LogP contribution in [0.5, 0.6) is 0 Å². The van der Waals surface area contributed by atoms with Gasteiger partial charge in [-0.15, -0.1) is 11.3 Å². The summed E-state index contributed by atoms with van der Waals surface area (Å²) in [7, 11) is 0. The normalized spacial score (nSPS) is 23.8. The summed E-state index contributed by atoms with van der Waals surface area (Å²) in [4.78, 5) is 13.8. The highest BCUT2D eigenvalue weighted by molar-refractivity contribution is 7.16. The van der Waals surface area contributed by atoms with Crippen LogP contribution in [0.15, 0.2) is 28.9 Å². The molecule has 2 aromatic rings. The summed E-state index contributed by atoms with van der Waals surface area (Å²) in [5.41, 5.74) is 2.13. The van der Waals surface area contributed by atoms with Crippen molar-refractivity contribution in [1.29, 1.82) is 0 Å². The number of hydrogen-bond donors (Lipinski definition) is 2. The molecule has 2 aromatic heterocycles. The number of hydrogen-bond acceptors (Lipinski definition) is 4. The molecule has 2 N–H and O–H groups in total. The summed E-state index contributed by atoms with van der Waals surface area (Å²) in [6.07, 6.45) is 8.52. The summed E-state index contributed by atoms with van der Waals surface area (Å²) in [5.74, 6) is 1.53. The minimum atomic E-state index is -0.192. The van der Waals surface area contributed by atoms with Gasteiger partial charge in [0.1, 0.15) is 16.9 Å². The Labute approximate surface area is 133 Å². The van der Waals surface area contributed by atoms with Crippen LogP contribution >= 0.6 is 11.3 Å². The molecule has 1 amide bonds. The van der Waals surface area contributed by atoms with Gasteiger partial charge < -0.3 is 15.1 Å².